The third kappa shape index (κ3) is 7.05. The van der Waals surface area contributed by atoms with Crippen molar-refractivity contribution >= 4 is 33.8 Å². The largest absolute Gasteiger partial charge is 0.354 e. The Morgan fingerprint density at radius 2 is 1.67 bits per heavy atom. The Morgan fingerprint density at radius 3 is 2.44 bits per heavy atom. The fourth-order valence-corrected chi connectivity index (χ4v) is 6.88. The van der Waals surface area contributed by atoms with Gasteiger partial charge in [-0.3, -0.25) is 4.90 Å². The van der Waals surface area contributed by atoms with Crippen molar-refractivity contribution in [3.63, 3.8) is 0 Å². The average molecular weight is 507 g/mol. The summed E-state index contributed by atoms with van der Waals surface area (Å²) in [5.74, 6) is 2.09. The Morgan fingerprint density at radius 1 is 0.889 bits per heavy atom. The lowest BCUT2D eigenvalue weighted by Crippen LogP contribution is -2.48. The fourth-order valence-electron chi connectivity index (χ4n) is 6.57. The van der Waals surface area contributed by atoms with Crippen LogP contribution < -0.4 is 4.90 Å². The van der Waals surface area contributed by atoms with Gasteiger partial charge in [-0.1, -0.05) is 37.5 Å². The highest BCUT2D eigenvalue weighted by Gasteiger charge is 2.22. The molecule has 2 saturated heterocycles. The van der Waals surface area contributed by atoms with E-state index in [1.165, 1.54) is 118 Å². The standard InChI is InChI=1S/C31H46N4S/c1-25-21-31(35-19-17-34(18-20-35)24-26-9-3-2-4-10-26)32-30-13-12-27(23-29(25)30)22-28(36)11-5-6-14-33-15-7-8-16-33/h12-13,21,23,26H,2-11,14-20,22,24H2,1H3. The van der Waals surface area contributed by atoms with Gasteiger partial charge in [-0.15, -0.1) is 0 Å². The molecular weight excluding hydrogens is 460 g/mol. The predicted molar refractivity (Wildman–Crippen MR) is 158 cm³/mol. The normalized spacial score (nSPS) is 20.4. The van der Waals surface area contributed by atoms with Gasteiger partial charge in [0.15, 0.2) is 0 Å². The molecule has 3 fully saturated rings. The molecule has 0 spiro atoms. The van der Waals surface area contributed by atoms with Crippen LogP contribution in [0.25, 0.3) is 10.9 Å². The molecule has 0 bridgehead atoms. The van der Waals surface area contributed by atoms with Crippen molar-refractivity contribution in [2.24, 2.45) is 5.92 Å². The Bertz CT molecular complexity index is 1000. The molecule has 0 atom stereocenters. The Balaban J connectivity index is 1.12. The van der Waals surface area contributed by atoms with E-state index in [-0.39, 0.29) is 0 Å². The Kier molecular flexibility index (Phi) is 9.26. The summed E-state index contributed by atoms with van der Waals surface area (Å²) in [6, 6.07) is 9.10. The van der Waals surface area contributed by atoms with Gasteiger partial charge in [0.2, 0.25) is 0 Å². The maximum atomic E-state index is 5.77. The molecule has 4 nitrogen and oxygen atoms in total. The minimum Gasteiger partial charge on any atom is -0.354 e. The van der Waals surface area contributed by atoms with Gasteiger partial charge in [-0.2, -0.15) is 0 Å². The molecule has 3 heterocycles. The van der Waals surface area contributed by atoms with Crippen molar-refractivity contribution in [1.29, 1.82) is 0 Å². The number of fused-ring (bicyclic) bond motifs is 1. The first-order chi connectivity index (χ1) is 17.6. The van der Waals surface area contributed by atoms with Crippen LogP contribution in [0.4, 0.5) is 5.82 Å². The highest BCUT2D eigenvalue weighted by molar-refractivity contribution is 7.80. The van der Waals surface area contributed by atoms with Crippen LogP contribution >= 0.6 is 12.2 Å². The third-order valence-electron chi connectivity index (χ3n) is 8.78. The van der Waals surface area contributed by atoms with Crippen molar-refractivity contribution in [2.75, 3.05) is 57.3 Å². The number of aromatic nitrogens is 1. The third-order valence-corrected chi connectivity index (χ3v) is 9.13. The molecule has 0 N–H and O–H groups in total. The SMILES string of the molecule is Cc1cc(N2CCN(CC3CCCCC3)CC2)nc2ccc(CC(=S)CCCCN3CCCC3)cc12. The molecule has 0 amide bonds. The van der Waals surface area contributed by atoms with E-state index in [1.54, 1.807) is 0 Å². The zero-order valence-electron chi connectivity index (χ0n) is 22.5. The number of thiocarbonyl (C=S) groups is 1. The van der Waals surface area contributed by atoms with E-state index in [1.807, 2.05) is 0 Å². The van der Waals surface area contributed by atoms with E-state index in [0.717, 1.165) is 43.2 Å². The molecule has 196 valence electrons. The van der Waals surface area contributed by atoms with Crippen LogP contribution in [0.3, 0.4) is 0 Å². The maximum Gasteiger partial charge on any atom is 0.129 e. The molecule has 1 aromatic carbocycles. The van der Waals surface area contributed by atoms with Gasteiger partial charge in [0.25, 0.3) is 0 Å². The second-order valence-corrected chi connectivity index (χ2v) is 12.2. The first-order valence-electron chi connectivity index (χ1n) is 14.8. The van der Waals surface area contributed by atoms with Crippen LogP contribution in [-0.4, -0.2) is 72.0 Å². The van der Waals surface area contributed by atoms with E-state index in [0.29, 0.717) is 0 Å². The number of aryl methyl sites for hydroxylation is 1. The van der Waals surface area contributed by atoms with Crippen LogP contribution in [0.1, 0.15) is 75.3 Å². The van der Waals surface area contributed by atoms with E-state index in [9.17, 15) is 0 Å². The number of anilines is 1. The number of likely N-dealkylation sites (tertiary alicyclic amines) is 1. The number of rotatable bonds is 10. The summed E-state index contributed by atoms with van der Waals surface area (Å²) in [5, 5.41) is 1.28. The monoisotopic (exact) mass is 506 g/mol. The summed E-state index contributed by atoms with van der Waals surface area (Å²) in [7, 11) is 0. The number of hydrogen-bond acceptors (Lipinski definition) is 5. The first-order valence-corrected chi connectivity index (χ1v) is 15.2. The van der Waals surface area contributed by atoms with Crippen molar-refractivity contribution in [3.05, 3.63) is 35.4 Å². The van der Waals surface area contributed by atoms with E-state index >= 15 is 0 Å². The molecule has 0 unspecified atom stereocenters. The number of benzene rings is 1. The van der Waals surface area contributed by atoms with Gasteiger partial charge in [-0.25, -0.2) is 4.98 Å². The van der Waals surface area contributed by atoms with E-state index in [4.69, 9.17) is 17.2 Å². The van der Waals surface area contributed by atoms with Gasteiger partial charge in [0.05, 0.1) is 5.52 Å². The van der Waals surface area contributed by atoms with Gasteiger partial charge >= 0.3 is 0 Å². The number of pyridine rings is 1. The number of unbranched alkanes of at least 4 members (excludes halogenated alkanes) is 1. The molecule has 1 aromatic heterocycles. The number of hydrogen-bond donors (Lipinski definition) is 0. The molecule has 2 aliphatic heterocycles. The predicted octanol–water partition coefficient (Wildman–Crippen LogP) is 6.42. The van der Waals surface area contributed by atoms with Gasteiger partial charge in [0, 0.05) is 44.5 Å². The summed E-state index contributed by atoms with van der Waals surface area (Å²) in [5.41, 5.74) is 3.79. The highest BCUT2D eigenvalue weighted by Crippen LogP contribution is 2.27. The lowest BCUT2D eigenvalue weighted by molar-refractivity contribution is 0.192. The summed E-state index contributed by atoms with van der Waals surface area (Å²) in [6.07, 6.45) is 14.5. The van der Waals surface area contributed by atoms with Crippen LogP contribution in [0.5, 0.6) is 0 Å². The van der Waals surface area contributed by atoms with Gasteiger partial charge in [-0.05, 0) is 112 Å². The quantitative estimate of drug-likeness (QED) is 0.273. The molecule has 3 aliphatic rings. The lowest BCUT2D eigenvalue weighted by Gasteiger charge is -2.38. The molecule has 1 saturated carbocycles. The molecule has 2 aromatic rings. The summed E-state index contributed by atoms with van der Waals surface area (Å²) in [6.45, 7) is 11.9. The van der Waals surface area contributed by atoms with E-state index < -0.39 is 0 Å². The van der Waals surface area contributed by atoms with E-state index in [2.05, 4.69) is 45.9 Å². The lowest BCUT2D eigenvalue weighted by atomic mass is 9.89. The van der Waals surface area contributed by atoms with Crippen molar-refractivity contribution < 1.29 is 0 Å². The van der Waals surface area contributed by atoms with Crippen molar-refractivity contribution in [2.45, 2.75) is 77.6 Å². The summed E-state index contributed by atoms with van der Waals surface area (Å²) in [4.78, 5) is 14.1. The van der Waals surface area contributed by atoms with Crippen LogP contribution in [0, 0.1) is 12.8 Å². The molecule has 36 heavy (non-hydrogen) atoms. The summed E-state index contributed by atoms with van der Waals surface area (Å²) >= 11 is 5.77. The molecular formula is C31H46N4S. The molecule has 1 aliphatic carbocycles. The average Bonchev–Trinajstić information content (AvgIpc) is 3.42. The topological polar surface area (TPSA) is 22.6 Å². The fraction of sp³-hybridized carbons (Fsp3) is 0.677. The second-order valence-electron chi connectivity index (χ2n) is 11.7. The molecule has 5 rings (SSSR count). The first kappa shape index (κ1) is 26.1. The zero-order chi connectivity index (χ0) is 24.7. The van der Waals surface area contributed by atoms with Crippen molar-refractivity contribution in [3.8, 4) is 0 Å². The Hall–Kier alpha value is -1.56. The minimum atomic E-state index is 0.916. The second kappa shape index (κ2) is 12.8. The Labute approximate surface area is 224 Å². The summed E-state index contributed by atoms with van der Waals surface area (Å²) < 4.78 is 0. The van der Waals surface area contributed by atoms with Crippen LogP contribution in [0.15, 0.2) is 24.3 Å². The van der Waals surface area contributed by atoms with Crippen LogP contribution in [-0.2, 0) is 6.42 Å². The van der Waals surface area contributed by atoms with Gasteiger partial charge in [0.1, 0.15) is 5.82 Å². The zero-order valence-corrected chi connectivity index (χ0v) is 23.3. The van der Waals surface area contributed by atoms with Crippen LogP contribution in [0.2, 0.25) is 0 Å². The van der Waals surface area contributed by atoms with Gasteiger partial charge < -0.3 is 9.80 Å². The van der Waals surface area contributed by atoms with Crippen molar-refractivity contribution in [1.82, 2.24) is 14.8 Å². The maximum absolute atomic E-state index is 5.77. The number of nitrogens with zero attached hydrogens (tertiary/aromatic N) is 4. The smallest absolute Gasteiger partial charge is 0.129 e. The minimum absolute atomic E-state index is 0.916. The molecule has 5 heteroatoms. The highest BCUT2D eigenvalue weighted by atomic mass is 32.1. The molecule has 0 radical (unpaired) electrons. The number of piperazine rings is 1.